The fraction of sp³-hybridized carbons (Fsp3) is 0.391. The van der Waals surface area contributed by atoms with Crippen LogP contribution >= 0.6 is 34.7 Å². The van der Waals surface area contributed by atoms with Crippen molar-refractivity contribution in [3.63, 3.8) is 0 Å². The van der Waals surface area contributed by atoms with Crippen molar-refractivity contribution >= 4 is 56.0 Å². The van der Waals surface area contributed by atoms with Gasteiger partial charge in [-0.05, 0) is 55.4 Å². The highest BCUT2D eigenvalue weighted by Gasteiger charge is 2.21. The number of aromatic nitrogens is 1. The molecule has 0 fully saturated rings. The SMILES string of the molecule is CCc1cccc2sc(N(CCN(CC)CC)C(=O)CSc3ccc(Cl)cc3)nc12. The van der Waals surface area contributed by atoms with Gasteiger partial charge in [-0.25, -0.2) is 4.98 Å². The summed E-state index contributed by atoms with van der Waals surface area (Å²) in [6.07, 6.45) is 0.931. The highest BCUT2D eigenvalue weighted by atomic mass is 35.5. The topological polar surface area (TPSA) is 36.4 Å². The van der Waals surface area contributed by atoms with E-state index in [1.54, 1.807) is 11.3 Å². The number of fused-ring (bicyclic) bond motifs is 1. The van der Waals surface area contributed by atoms with Gasteiger partial charge in [0.2, 0.25) is 5.91 Å². The average molecular weight is 462 g/mol. The van der Waals surface area contributed by atoms with E-state index >= 15 is 0 Å². The van der Waals surface area contributed by atoms with Gasteiger partial charge in [0, 0.05) is 23.0 Å². The van der Waals surface area contributed by atoms with E-state index in [1.807, 2.05) is 29.2 Å². The van der Waals surface area contributed by atoms with Crippen molar-refractivity contribution in [1.82, 2.24) is 9.88 Å². The summed E-state index contributed by atoms with van der Waals surface area (Å²) in [5.74, 6) is 0.454. The van der Waals surface area contributed by atoms with Gasteiger partial charge < -0.3 is 4.90 Å². The van der Waals surface area contributed by atoms with E-state index in [1.165, 1.54) is 17.3 Å². The summed E-state index contributed by atoms with van der Waals surface area (Å²) in [4.78, 5) is 23.3. The maximum absolute atomic E-state index is 13.2. The van der Waals surface area contributed by atoms with Crippen LogP contribution in [0.3, 0.4) is 0 Å². The molecule has 1 amide bonds. The number of likely N-dealkylation sites (N-methyl/N-ethyl adjacent to an activating group) is 1. The van der Waals surface area contributed by atoms with E-state index in [0.717, 1.165) is 46.3 Å². The van der Waals surface area contributed by atoms with Gasteiger partial charge in [0.25, 0.3) is 0 Å². The second-order valence-corrected chi connectivity index (χ2v) is 9.42. The van der Waals surface area contributed by atoms with Crippen LogP contribution in [0.15, 0.2) is 47.4 Å². The molecule has 0 unspecified atom stereocenters. The lowest BCUT2D eigenvalue weighted by molar-refractivity contribution is -0.116. The molecule has 4 nitrogen and oxygen atoms in total. The zero-order valence-corrected chi connectivity index (χ0v) is 20.1. The molecule has 0 spiro atoms. The minimum Gasteiger partial charge on any atom is -0.302 e. The number of para-hydroxylation sites is 1. The first-order valence-corrected chi connectivity index (χ1v) is 12.5. The van der Waals surface area contributed by atoms with Gasteiger partial charge in [-0.15, -0.1) is 11.8 Å². The third kappa shape index (κ3) is 5.76. The van der Waals surface area contributed by atoms with E-state index in [2.05, 4.69) is 43.9 Å². The first-order chi connectivity index (χ1) is 14.5. The summed E-state index contributed by atoms with van der Waals surface area (Å²) in [5.41, 5.74) is 2.24. The monoisotopic (exact) mass is 461 g/mol. The molecular formula is C23H28ClN3OS2. The van der Waals surface area contributed by atoms with Crippen LogP contribution in [-0.2, 0) is 11.2 Å². The van der Waals surface area contributed by atoms with E-state index in [9.17, 15) is 4.79 Å². The number of anilines is 1. The van der Waals surface area contributed by atoms with Crippen LogP contribution in [0.4, 0.5) is 5.13 Å². The Bertz CT molecular complexity index is 970. The molecule has 160 valence electrons. The van der Waals surface area contributed by atoms with E-state index in [4.69, 9.17) is 16.6 Å². The Morgan fingerprint density at radius 3 is 2.47 bits per heavy atom. The molecule has 1 aromatic heterocycles. The molecule has 7 heteroatoms. The smallest absolute Gasteiger partial charge is 0.239 e. The largest absolute Gasteiger partial charge is 0.302 e. The number of aryl methyl sites for hydroxylation is 1. The van der Waals surface area contributed by atoms with Crippen LogP contribution < -0.4 is 4.90 Å². The van der Waals surface area contributed by atoms with Gasteiger partial charge in [0.15, 0.2) is 5.13 Å². The number of nitrogens with zero attached hydrogens (tertiary/aromatic N) is 3. The maximum atomic E-state index is 13.2. The normalized spacial score (nSPS) is 11.4. The third-order valence-electron chi connectivity index (χ3n) is 5.11. The molecule has 0 radical (unpaired) electrons. The molecule has 0 aliphatic heterocycles. The number of amides is 1. The van der Waals surface area contributed by atoms with Gasteiger partial charge in [0.1, 0.15) is 0 Å². The number of carbonyl (C=O) groups excluding carboxylic acids is 1. The minimum absolute atomic E-state index is 0.0826. The zero-order chi connectivity index (χ0) is 21.5. The summed E-state index contributed by atoms with van der Waals surface area (Å²) in [5, 5.41) is 1.49. The first-order valence-electron chi connectivity index (χ1n) is 10.3. The third-order valence-corrected chi connectivity index (χ3v) is 7.41. The van der Waals surface area contributed by atoms with E-state index in [0.29, 0.717) is 17.3 Å². The van der Waals surface area contributed by atoms with Crippen molar-refractivity contribution in [2.75, 3.05) is 36.8 Å². The summed E-state index contributed by atoms with van der Waals surface area (Å²) < 4.78 is 1.13. The number of hydrogen-bond donors (Lipinski definition) is 0. The average Bonchev–Trinajstić information content (AvgIpc) is 3.20. The molecule has 1 heterocycles. The zero-order valence-electron chi connectivity index (χ0n) is 17.7. The fourth-order valence-electron chi connectivity index (χ4n) is 3.26. The van der Waals surface area contributed by atoms with Gasteiger partial charge in [-0.3, -0.25) is 9.69 Å². The lowest BCUT2D eigenvalue weighted by atomic mass is 10.1. The van der Waals surface area contributed by atoms with Crippen LogP contribution in [-0.4, -0.2) is 47.7 Å². The summed E-state index contributed by atoms with van der Waals surface area (Å²) in [6, 6.07) is 13.9. The van der Waals surface area contributed by atoms with Crippen molar-refractivity contribution in [3.05, 3.63) is 53.1 Å². The van der Waals surface area contributed by atoms with Crippen molar-refractivity contribution in [1.29, 1.82) is 0 Å². The van der Waals surface area contributed by atoms with E-state index in [-0.39, 0.29) is 5.91 Å². The molecule has 0 saturated carbocycles. The molecule has 2 aromatic carbocycles. The van der Waals surface area contributed by atoms with Crippen LogP contribution in [0.5, 0.6) is 0 Å². The number of rotatable bonds is 10. The number of benzene rings is 2. The van der Waals surface area contributed by atoms with Gasteiger partial charge in [-0.1, -0.05) is 55.8 Å². The molecule has 0 atom stereocenters. The molecule has 0 N–H and O–H groups in total. The Morgan fingerprint density at radius 2 is 1.80 bits per heavy atom. The number of halogens is 1. The molecule has 3 aromatic rings. The van der Waals surface area contributed by atoms with Gasteiger partial charge in [-0.2, -0.15) is 0 Å². The molecule has 30 heavy (non-hydrogen) atoms. The summed E-state index contributed by atoms with van der Waals surface area (Å²) in [6.45, 7) is 9.86. The Morgan fingerprint density at radius 1 is 1.07 bits per heavy atom. The second-order valence-electron chi connectivity index (χ2n) is 6.93. The van der Waals surface area contributed by atoms with Gasteiger partial charge in [0.05, 0.1) is 16.0 Å². The number of hydrogen-bond acceptors (Lipinski definition) is 5. The lowest BCUT2D eigenvalue weighted by Gasteiger charge is -2.24. The molecule has 0 saturated heterocycles. The second kappa shape index (κ2) is 11.1. The van der Waals surface area contributed by atoms with E-state index < -0.39 is 0 Å². The van der Waals surface area contributed by atoms with Crippen molar-refractivity contribution in [2.45, 2.75) is 32.1 Å². The predicted octanol–water partition coefficient (Wildman–Crippen LogP) is 5.98. The van der Waals surface area contributed by atoms with Crippen LogP contribution in [0, 0.1) is 0 Å². The lowest BCUT2D eigenvalue weighted by Crippen LogP contribution is -2.39. The summed E-state index contributed by atoms with van der Waals surface area (Å²) >= 11 is 9.11. The van der Waals surface area contributed by atoms with Crippen molar-refractivity contribution in [3.8, 4) is 0 Å². The molecule has 0 bridgehead atoms. The van der Waals surface area contributed by atoms with Crippen molar-refractivity contribution in [2.24, 2.45) is 0 Å². The standard InChI is InChI=1S/C23H28ClN3OS2/c1-4-17-8-7-9-20-22(17)25-23(30-20)27(15-14-26(5-2)6-3)21(28)16-29-19-12-10-18(24)11-13-19/h7-13H,4-6,14-16H2,1-3H3. The summed E-state index contributed by atoms with van der Waals surface area (Å²) in [7, 11) is 0. The highest BCUT2D eigenvalue weighted by Crippen LogP contribution is 2.32. The highest BCUT2D eigenvalue weighted by molar-refractivity contribution is 8.00. The Balaban J connectivity index is 1.82. The molecular weight excluding hydrogens is 434 g/mol. The van der Waals surface area contributed by atoms with Crippen LogP contribution in [0.25, 0.3) is 10.2 Å². The Kier molecular flexibility index (Phi) is 8.57. The number of thiazole rings is 1. The molecule has 3 rings (SSSR count). The Labute approximate surface area is 192 Å². The quantitative estimate of drug-likeness (QED) is 0.348. The molecule has 0 aliphatic carbocycles. The molecule has 0 aliphatic rings. The number of thioether (sulfide) groups is 1. The first kappa shape index (κ1) is 23.1. The van der Waals surface area contributed by atoms with Crippen LogP contribution in [0.2, 0.25) is 5.02 Å². The Hall–Kier alpha value is -1.60. The predicted molar refractivity (Wildman–Crippen MR) is 131 cm³/mol. The fourth-order valence-corrected chi connectivity index (χ4v) is 5.21. The minimum atomic E-state index is 0.0826. The van der Waals surface area contributed by atoms with Crippen molar-refractivity contribution < 1.29 is 4.79 Å². The van der Waals surface area contributed by atoms with Crippen LogP contribution in [0.1, 0.15) is 26.3 Å². The maximum Gasteiger partial charge on any atom is 0.239 e. The van der Waals surface area contributed by atoms with Gasteiger partial charge >= 0.3 is 0 Å². The number of carbonyl (C=O) groups is 1.